The summed E-state index contributed by atoms with van der Waals surface area (Å²) in [5.41, 5.74) is 0.758. The largest absolute Gasteiger partial charge is 0.262 e. The molecule has 0 aromatic heterocycles. The van der Waals surface area contributed by atoms with Crippen LogP contribution >= 0.6 is 15.9 Å². The lowest BCUT2D eigenvalue weighted by molar-refractivity contribution is 0.0183. The number of rotatable bonds is 2. The van der Waals surface area contributed by atoms with E-state index in [9.17, 15) is 17.2 Å². The van der Waals surface area contributed by atoms with Crippen molar-refractivity contribution < 1.29 is 17.2 Å². The molecule has 1 aliphatic heterocycles. The summed E-state index contributed by atoms with van der Waals surface area (Å²) >= 11 is 3.21. The van der Waals surface area contributed by atoms with Gasteiger partial charge in [-0.3, -0.25) is 0 Å². The first-order valence-corrected chi connectivity index (χ1v) is 7.59. The molecule has 1 fully saturated rings. The lowest BCUT2D eigenvalue weighted by Gasteiger charge is -2.16. The lowest BCUT2D eigenvalue weighted by Crippen LogP contribution is -2.31. The van der Waals surface area contributed by atoms with Crippen LogP contribution in [0, 0.1) is 6.92 Å². The average Bonchev–Trinajstić information content (AvgIpc) is 2.58. The van der Waals surface area contributed by atoms with Crippen molar-refractivity contribution in [3.05, 3.63) is 28.2 Å². The van der Waals surface area contributed by atoms with Gasteiger partial charge in [-0.05, 0) is 30.7 Å². The van der Waals surface area contributed by atoms with Crippen LogP contribution in [-0.4, -0.2) is 31.7 Å². The molecule has 7 heteroatoms. The summed E-state index contributed by atoms with van der Waals surface area (Å²) < 4.78 is 52.0. The lowest BCUT2D eigenvalue weighted by atomic mass is 10.2. The van der Waals surface area contributed by atoms with Gasteiger partial charge >= 0.3 is 0 Å². The van der Waals surface area contributed by atoms with Crippen molar-refractivity contribution in [2.75, 3.05) is 13.1 Å². The van der Waals surface area contributed by atoms with Crippen molar-refractivity contribution in [3.8, 4) is 0 Å². The fourth-order valence-electron chi connectivity index (χ4n) is 1.91. The first-order chi connectivity index (χ1) is 8.21. The van der Waals surface area contributed by atoms with Gasteiger partial charge in [0.2, 0.25) is 10.0 Å². The summed E-state index contributed by atoms with van der Waals surface area (Å²) in [6, 6.07) is 4.67. The van der Waals surface area contributed by atoms with Crippen molar-refractivity contribution in [1.29, 1.82) is 0 Å². The Bertz CT molecular complexity index is 554. The van der Waals surface area contributed by atoms with Crippen molar-refractivity contribution in [1.82, 2.24) is 4.31 Å². The molecule has 18 heavy (non-hydrogen) atoms. The van der Waals surface area contributed by atoms with E-state index in [-0.39, 0.29) is 11.4 Å². The molecular formula is C11H12BrF2NO2S. The highest BCUT2D eigenvalue weighted by Crippen LogP contribution is 2.32. The minimum Gasteiger partial charge on any atom is -0.207 e. The summed E-state index contributed by atoms with van der Waals surface area (Å²) in [6.45, 7) is 0.879. The normalized spacial score (nSPS) is 20.2. The van der Waals surface area contributed by atoms with Gasteiger partial charge in [-0.1, -0.05) is 15.9 Å². The Morgan fingerprint density at radius 1 is 1.33 bits per heavy atom. The zero-order valence-corrected chi connectivity index (χ0v) is 12.1. The van der Waals surface area contributed by atoms with E-state index in [2.05, 4.69) is 15.9 Å². The van der Waals surface area contributed by atoms with Crippen molar-refractivity contribution in [3.63, 3.8) is 0 Å². The maximum Gasteiger partial charge on any atom is 0.262 e. The van der Waals surface area contributed by atoms with Gasteiger partial charge in [-0.25, -0.2) is 17.2 Å². The summed E-state index contributed by atoms with van der Waals surface area (Å²) in [5, 5.41) is 0. The molecule has 0 bridgehead atoms. The molecule has 0 spiro atoms. The van der Waals surface area contributed by atoms with Gasteiger partial charge in [0, 0.05) is 17.4 Å². The monoisotopic (exact) mass is 339 g/mol. The number of sulfonamides is 1. The molecule has 1 aromatic rings. The van der Waals surface area contributed by atoms with E-state index < -0.39 is 28.9 Å². The fraction of sp³-hybridized carbons (Fsp3) is 0.455. The molecule has 1 aliphatic rings. The van der Waals surface area contributed by atoms with Crippen LogP contribution in [-0.2, 0) is 10.0 Å². The number of alkyl halides is 2. The summed E-state index contributed by atoms with van der Waals surface area (Å²) in [5.74, 6) is -2.92. The smallest absolute Gasteiger partial charge is 0.207 e. The zero-order chi connectivity index (χ0) is 13.6. The molecule has 3 nitrogen and oxygen atoms in total. The van der Waals surface area contributed by atoms with E-state index >= 15 is 0 Å². The van der Waals surface area contributed by atoms with E-state index in [1.54, 1.807) is 13.0 Å². The van der Waals surface area contributed by atoms with E-state index in [1.165, 1.54) is 12.1 Å². The van der Waals surface area contributed by atoms with Gasteiger partial charge in [0.25, 0.3) is 5.92 Å². The molecule has 1 saturated heterocycles. The van der Waals surface area contributed by atoms with Gasteiger partial charge in [0.05, 0.1) is 11.4 Å². The van der Waals surface area contributed by atoms with Crippen LogP contribution in [0.2, 0.25) is 0 Å². The molecule has 2 rings (SSSR count). The third kappa shape index (κ3) is 2.73. The number of hydrogen-bond acceptors (Lipinski definition) is 2. The van der Waals surface area contributed by atoms with Crippen LogP contribution in [0.3, 0.4) is 0 Å². The van der Waals surface area contributed by atoms with Crippen LogP contribution < -0.4 is 0 Å². The molecule has 0 saturated carbocycles. The van der Waals surface area contributed by atoms with E-state index in [0.717, 1.165) is 9.87 Å². The molecule has 0 N–H and O–H groups in total. The van der Waals surface area contributed by atoms with Crippen molar-refractivity contribution in [2.24, 2.45) is 0 Å². The Morgan fingerprint density at radius 3 is 2.50 bits per heavy atom. The molecule has 1 aromatic carbocycles. The Labute approximate surface area is 113 Å². The quantitative estimate of drug-likeness (QED) is 0.830. The molecule has 100 valence electrons. The number of aryl methyl sites for hydroxylation is 1. The molecular weight excluding hydrogens is 328 g/mol. The summed E-state index contributed by atoms with van der Waals surface area (Å²) in [6.07, 6.45) is -0.417. The van der Waals surface area contributed by atoms with E-state index in [1.807, 2.05) is 0 Å². The second-order valence-electron chi connectivity index (χ2n) is 4.41. The highest BCUT2D eigenvalue weighted by atomic mass is 79.9. The predicted octanol–water partition coefficient (Wildman–Crippen LogP) is 2.79. The number of benzene rings is 1. The molecule has 0 radical (unpaired) electrons. The maximum atomic E-state index is 13.1. The fourth-order valence-corrected chi connectivity index (χ4v) is 4.27. The van der Waals surface area contributed by atoms with Gasteiger partial charge in [0.15, 0.2) is 0 Å². The van der Waals surface area contributed by atoms with Crippen LogP contribution in [0.1, 0.15) is 12.0 Å². The Kier molecular flexibility index (Phi) is 3.50. The summed E-state index contributed by atoms with van der Waals surface area (Å²) in [7, 11) is -3.83. The average molecular weight is 340 g/mol. The Hall–Kier alpha value is -0.530. The van der Waals surface area contributed by atoms with Crippen LogP contribution in [0.15, 0.2) is 27.6 Å². The molecule has 0 atom stereocenters. The van der Waals surface area contributed by atoms with Gasteiger partial charge < -0.3 is 0 Å². The SMILES string of the molecule is Cc1cc(Br)cc(S(=O)(=O)N2CCC(F)(F)C2)c1. The Morgan fingerprint density at radius 2 is 2.00 bits per heavy atom. The second-order valence-corrected chi connectivity index (χ2v) is 7.26. The minimum atomic E-state index is -3.83. The third-order valence-electron chi connectivity index (χ3n) is 2.79. The maximum absolute atomic E-state index is 13.1. The summed E-state index contributed by atoms with van der Waals surface area (Å²) in [4.78, 5) is 0.0482. The second kappa shape index (κ2) is 4.54. The third-order valence-corrected chi connectivity index (χ3v) is 5.07. The minimum absolute atomic E-state index is 0.0482. The molecule has 0 amide bonds. The molecule has 0 unspecified atom stereocenters. The molecule has 0 aliphatic carbocycles. The number of halogens is 3. The van der Waals surface area contributed by atoms with Crippen LogP contribution in [0.4, 0.5) is 8.78 Å². The Balaban J connectivity index is 2.37. The van der Waals surface area contributed by atoms with Crippen molar-refractivity contribution in [2.45, 2.75) is 24.2 Å². The number of nitrogens with zero attached hydrogens (tertiary/aromatic N) is 1. The number of hydrogen-bond donors (Lipinski definition) is 0. The standard InChI is InChI=1S/C11H12BrF2NO2S/c1-8-4-9(12)6-10(5-8)18(16,17)15-3-2-11(13,14)7-15/h4-6H,2-3,7H2,1H3. The zero-order valence-electron chi connectivity index (χ0n) is 9.66. The van der Waals surface area contributed by atoms with Gasteiger partial charge in [-0.15, -0.1) is 0 Å². The van der Waals surface area contributed by atoms with Crippen molar-refractivity contribution >= 4 is 26.0 Å². The van der Waals surface area contributed by atoms with Gasteiger partial charge in [0.1, 0.15) is 0 Å². The topological polar surface area (TPSA) is 37.4 Å². The molecule has 1 heterocycles. The van der Waals surface area contributed by atoms with Gasteiger partial charge in [-0.2, -0.15) is 4.31 Å². The highest BCUT2D eigenvalue weighted by Gasteiger charge is 2.43. The predicted molar refractivity (Wildman–Crippen MR) is 67.2 cm³/mol. The van der Waals surface area contributed by atoms with Crippen LogP contribution in [0.5, 0.6) is 0 Å². The highest BCUT2D eigenvalue weighted by molar-refractivity contribution is 9.10. The first kappa shape index (κ1) is 13.9. The van der Waals surface area contributed by atoms with E-state index in [0.29, 0.717) is 4.47 Å². The van der Waals surface area contributed by atoms with Crippen LogP contribution in [0.25, 0.3) is 0 Å². The first-order valence-electron chi connectivity index (χ1n) is 5.36. The van der Waals surface area contributed by atoms with E-state index in [4.69, 9.17) is 0 Å².